The third-order valence-corrected chi connectivity index (χ3v) is 2.54. The lowest BCUT2D eigenvalue weighted by molar-refractivity contribution is 0.0660. The van der Waals surface area contributed by atoms with Crippen LogP contribution in [0, 0.1) is 13.8 Å². The van der Waals surface area contributed by atoms with E-state index in [-0.39, 0.29) is 5.76 Å². The molecule has 0 atom stereocenters. The lowest BCUT2D eigenvalue weighted by Crippen LogP contribution is -1.99. The number of imidazole rings is 1. The van der Waals surface area contributed by atoms with Gasteiger partial charge in [-0.1, -0.05) is 0 Å². The Kier molecular flexibility index (Phi) is 2.52. The number of carboxylic acid groups (broad SMARTS) is 1. The lowest BCUT2D eigenvalue weighted by Gasteiger charge is -2.02. The second-order valence-electron chi connectivity index (χ2n) is 3.61. The number of hydrogen-bond acceptors (Lipinski definition) is 3. The fraction of sp³-hybridized carbons (Fsp3) is 0.273. The fourth-order valence-electron chi connectivity index (χ4n) is 1.45. The highest BCUT2D eigenvalue weighted by Crippen LogP contribution is 2.12. The number of carboxylic acids is 1. The number of nitrogens with zero attached hydrogens (tertiary/aromatic N) is 2. The fourth-order valence-corrected chi connectivity index (χ4v) is 1.45. The minimum atomic E-state index is -1.05. The number of aryl methyl sites for hydroxylation is 1. The van der Waals surface area contributed by atoms with E-state index in [0.717, 1.165) is 11.4 Å². The summed E-state index contributed by atoms with van der Waals surface area (Å²) >= 11 is 0. The van der Waals surface area contributed by atoms with Crippen molar-refractivity contribution < 1.29 is 14.3 Å². The molecule has 0 fully saturated rings. The van der Waals surface area contributed by atoms with Gasteiger partial charge in [0.25, 0.3) is 0 Å². The van der Waals surface area contributed by atoms with E-state index >= 15 is 0 Å². The van der Waals surface area contributed by atoms with E-state index in [1.807, 2.05) is 18.4 Å². The Bertz CT molecular complexity index is 525. The summed E-state index contributed by atoms with van der Waals surface area (Å²) < 4.78 is 7.08. The molecule has 2 rings (SSSR count). The highest BCUT2D eigenvalue weighted by Gasteiger charge is 2.10. The second-order valence-corrected chi connectivity index (χ2v) is 3.61. The molecular weight excluding hydrogens is 208 g/mol. The van der Waals surface area contributed by atoms with E-state index in [0.29, 0.717) is 12.3 Å². The molecule has 0 radical (unpaired) electrons. The number of carbonyl (C=O) groups is 1. The molecule has 0 aliphatic heterocycles. The summed E-state index contributed by atoms with van der Waals surface area (Å²) in [4.78, 5) is 14.8. The molecule has 0 bridgehead atoms. The first kappa shape index (κ1) is 10.5. The first-order valence-corrected chi connectivity index (χ1v) is 4.88. The van der Waals surface area contributed by atoms with Gasteiger partial charge in [-0.25, -0.2) is 9.78 Å². The van der Waals surface area contributed by atoms with E-state index in [1.165, 1.54) is 6.07 Å². The summed E-state index contributed by atoms with van der Waals surface area (Å²) in [6.07, 6.45) is 1.72. The quantitative estimate of drug-likeness (QED) is 0.856. The van der Waals surface area contributed by atoms with E-state index in [4.69, 9.17) is 9.52 Å². The standard InChI is InChI=1S/C11H12N2O3/c1-7-8(2)13(6-12-7)5-9-3-4-10(16-9)11(14)15/h3-4,6H,5H2,1-2H3,(H,14,15). The molecule has 0 saturated carbocycles. The second kappa shape index (κ2) is 3.84. The average Bonchev–Trinajstić information content (AvgIpc) is 2.81. The van der Waals surface area contributed by atoms with Crippen molar-refractivity contribution >= 4 is 5.97 Å². The van der Waals surface area contributed by atoms with Crippen LogP contribution in [-0.4, -0.2) is 20.6 Å². The first-order chi connectivity index (χ1) is 7.58. The van der Waals surface area contributed by atoms with Crippen LogP contribution in [0.1, 0.15) is 27.7 Å². The van der Waals surface area contributed by atoms with E-state index in [9.17, 15) is 4.79 Å². The third kappa shape index (κ3) is 1.84. The number of rotatable bonds is 3. The first-order valence-electron chi connectivity index (χ1n) is 4.88. The minimum absolute atomic E-state index is 0.0375. The molecular formula is C11H12N2O3. The molecule has 2 aromatic rings. The molecule has 0 saturated heterocycles. The summed E-state index contributed by atoms with van der Waals surface area (Å²) in [7, 11) is 0. The Morgan fingerprint density at radius 1 is 1.50 bits per heavy atom. The van der Waals surface area contributed by atoms with Gasteiger partial charge in [0.05, 0.1) is 18.6 Å². The molecule has 84 valence electrons. The zero-order valence-electron chi connectivity index (χ0n) is 9.10. The van der Waals surface area contributed by atoms with E-state index < -0.39 is 5.97 Å². The average molecular weight is 220 g/mol. The van der Waals surface area contributed by atoms with Crippen LogP contribution >= 0.6 is 0 Å². The van der Waals surface area contributed by atoms with Crippen LogP contribution in [0.25, 0.3) is 0 Å². The van der Waals surface area contributed by atoms with Crippen molar-refractivity contribution in [3.63, 3.8) is 0 Å². The Hall–Kier alpha value is -2.04. The lowest BCUT2D eigenvalue weighted by atomic mass is 10.3. The Labute approximate surface area is 92.3 Å². The summed E-state index contributed by atoms with van der Waals surface area (Å²) in [5.74, 6) is -0.479. The Balaban J connectivity index is 2.21. The summed E-state index contributed by atoms with van der Waals surface area (Å²) in [5.41, 5.74) is 2.01. The van der Waals surface area contributed by atoms with Gasteiger partial charge in [-0.05, 0) is 26.0 Å². The summed E-state index contributed by atoms with van der Waals surface area (Å²) in [5, 5.41) is 8.71. The molecule has 2 heterocycles. The smallest absolute Gasteiger partial charge is 0.371 e. The van der Waals surface area contributed by atoms with Gasteiger partial charge in [-0.15, -0.1) is 0 Å². The third-order valence-electron chi connectivity index (χ3n) is 2.54. The maximum Gasteiger partial charge on any atom is 0.371 e. The molecule has 0 aromatic carbocycles. The number of hydrogen-bond donors (Lipinski definition) is 1. The molecule has 0 unspecified atom stereocenters. The van der Waals surface area contributed by atoms with Crippen molar-refractivity contribution in [2.24, 2.45) is 0 Å². The molecule has 0 aliphatic carbocycles. The topological polar surface area (TPSA) is 68.3 Å². The Morgan fingerprint density at radius 3 is 2.75 bits per heavy atom. The highest BCUT2D eigenvalue weighted by atomic mass is 16.4. The van der Waals surface area contributed by atoms with Crippen LogP contribution in [0.2, 0.25) is 0 Å². The molecule has 16 heavy (non-hydrogen) atoms. The molecule has 0 aliphatic rings. The van der Waals surface area contributed by atoms with Crippen molar-refractivity contribution in [2.45, 2.75) is 20.4 Å². The van der Waals surface area contributed by atoms with Crippen LogP contribution in [0.4, 0.5) is 0 Å². The van der Waals surface area contributed by atoms with Crippen LogP contribution in [0.3, 0.4) is 0 Å². The monoisotopic (exact) mass is 220 g/mol. The SMILES string of the molecule is Cc1ncn(Cc2ccc(C(=O)O)o2)c1C. The van der Waals surface area contributed by atoms with E-state index in [2.05, 4.69) is 4.98 Å². The molecule has 5 nitrogen and oxygen atoms in total. The zero-order valence-corrected chi connectivity index (χ0v) is 9.10. The largest absolute Gasteiger partial charge is 0.475 e. The maximum absolute atomic E-state index is 10.6. The maximum atomic E-state index is 10.6. The molecule has 0 spiro atoms. The van der Waals surface area contributed by atoms with Gasteiger partial charge >= 0.3 is 5.97 Å². The van der Waals surface area contributed by atoms with Crippen molar-refractivity contribution in [2.75, 3.05) is 0 Å². The van der Waals surface area contributed by atoms with Crippen molar-refractivity contribution in [3.05, 3.63) is 41.4 Å². The molecule has 5 heteroatoms. The van der Waals surface area contributed by atoms with Crippen molar-refractivity contribution in [3.8, 4) is 0 Å². The summed E-state index contributed by atoms with van der Waals surface area (Å²) in [6.45, 7) is 4.39. The number of aromatic nitrogens is 2. The zero-order chi connectivity index (χ0) is 11.7. The molecule has 1 N–H and O–H groups in total. The predicted octanol–water partition coefficient (Wildman–Crippen LogP) is 1.84. The molecule has 2 aromatic heterocycles. The van der Waals surface area contributed by atoms with Gasteiger partial charge in [0, 0.05) is 5.69 Å². The number of aromatic carboxylic acids is 1. The van der Waals surface area contributed by atoms with Crippen LogP contribution in [0.15, 0.2) is 22.9 Å². The van der Waals surface area contributed by atoms with E-state index in [1.54, 1.807) is 12.4 Å². The normalized spacial score (nSPS) is 10.6. The van der Waals surface area contributed by atoms with Gasteiger partial charge in [0.15, 0.2) is 0 Å². The van der Waals surface area contributed by atoms with Crippen LogP contribution in [0.5, 0.6) is 0 Å². The molecule has 0 amide bonds. The van der Waals surface area contributed by atoms with Gasteiger partial charge in [-0.3, -0.25) is 0 Å². The summed E-state index contributed by atoms with van der Waals surface area (Å²) in [6, 6.07) is 3.12. The highest BCUT2D eigenvalue weighted by molar-refractivity contribution is 5.84. The minimum Gasteiger partial charge on any atom is -0.475 e. The number of furan rings is 1. The van der Waals surface area contributed by atoms with Crippen LogP contribution in [-0.2, 0) is 6.54 Å². The van der Waals surface area contributed by atoms with Crippen LogP contribution < -0.4 is 0 Å². The van der Waals surface area contributed by atoms with Gasteiger partial charge in [0.1, 0.15) is 5.76 Å². The Morgan fingerprint density at radius 2 is 2.25 bits per heavy atom. The van der Waals surface area contributed by atoms with Gasteiger partial charge in [0.2, 0.25) is 5.76 Å². The predicted molar refractivity (Wildman–Crippen MR) is 56.5 cm³/mol. The van der Waals surface area contributed by atoms with Crippen molar-refractivity contribution in [1.29, 1.82) is 0 Å². The van der Waals surface area contributed by atoms with Gasteiger partial charge in [-0.2, -0.15) is 0 Å². The van der Waals surface area contributed by atoms with Crippen molar-refractivity contribution in [1.82, 2.24) is 9.55 Å². The van der Waals surface area contributed by atoms with Gasteiger partial charge < -0.3 is 14.1 Å².